The average Bonchev–Trinajstić information content (AvgIpc) is 3.34. The number of hydrogen-bond donors (Lipinski definition) is 1. The zero-order chi connectivity index (χ0) is 52.7. The van der Waals surface area contributed by atoms with Crippen molar-refractivity contribution >= 4 is 19.8 Å². The number of unbranched alkanes of at least 4 members (excludes halogenated alkanes) is 19. The van der Waals surface area contributed by atoms with E-state index in [-0.39, 0.29) is 32.0 Å². The molecule has 0 aromatic rings. The van der Waals surface area contributed by atoms with Crippen LogP contribution in [0, 0.1) is 0 Å². The van der Waals surface area contributed by atoms with Crippen molar-refractivity contribution in [1.82, 2.24) is 0 Å². The molecule has 0 aliphatic rings. The molecule has 0 saturated heterocycles. The number of carbonyl (C=O) groups is 2. The number of phosphoric acid groups is 1. The first kappa shape index (κ1) is 68.7. The van der Waals surface area contributed by atoms with Crippen LogP contribution in [0.1, 0.15) is 219 Å². The summed E-state index contributed by atoms with van der Waals surface area (Å²) >= 11 is 0. The molecule has 0 fully saturated rings. The maximum Gasteiger partial charge on any atom is 0.472 e. The number of carbonyl (C=O) groups excluding carboxylic acids is 2. The maximum atomic E-state index is 12.8. The summed E-state index contributed by atoms with van der Waals surface area (Å²) in [6, 6.07) is 0. The third-order valence-electron chi connectivity index (χ3n) is 11.8. The Bertz CT molecular complexity index is 1580. The highest BCUT2D eigenvalue weighted by Crippen LogP contribution is 2.43. The molecule has 0 heterocycles. The minimum Gasteiger partial charge on any atom is -0.462 e. The van der Waals surface area contributed by atoms with E-state index >= 15 is 0 Å². The lowest BCUT2D eigenvalue weighted by atomic mass is 10.0. The molecule has 0 amide bonds. The van der Waals surface area contributed by atoms with E-state index in [2.05, 4.69) is 123 Å². The summed E-state index contributed by atoms with van der Waals surface area (Å²) in [5.41, 5.74) is 0. The summed E-state index contributed by atoms with van der Waals surface area (Å²) in [6.45, 7) is 4.19. The van der Waals surface area contributed by atoms with Gasteiger partial charge < -0.3 is 18.9 Å². The maximum absolute atomic E-state index is 12.8. The average molecular weight is 1030 g/mol. The van der Waals surface area contributed by atoms with Gasteiger partial charge in [-0.3, -0.25) is 18.6 Å². The third-order valence-corrected chi connectivity index (χ3v) is 12.8. The number of likely N-dealkylation sites (N-methyl/N-ethyl adjacent to an activating group) is 1. The van der Waals surface area contributed by atoms with Gasteiger partial charge in [-0.2, -0.15) is 0 Å². The molecule has 0 saturated carbocycles. The Balaban J connectivity index is 4.21. The van der Waals surface area contributed by atoms with Crippen molar-refractivity contribution in [3.05, 3.63) is 109 Å². The largest absolute Gasteiger partial charge is 0.472 e. The van der Waals surface area contributed by atoms with Crippen LogP contribution in [0.2, 0.25) is 0 Å². The molecular weight excluding hydrogens is 918 g/mol. The van der Waals surface area contributed by atoms with Gasteiger partial charge in [0.05, 0.1) is 27.7 Å². The van der Waals surface area contributed by atoms with Crippen molar-refractivity contribution < 1.29 is 42.1 Å². The fourth-order valence-electron chi connectivity index (χ4n) is 7.44. The topological polar surface area (TPSA) is 108 Å². The predicted molar refractivity (Wildman–Crippen MR) is 307 cm³/mol. The van der Waals surface area contributed by atoms with Crippen molar-refractivity contribution in [3.63, 3.8) is 0 Å². The Labute approximate surface area is 442 Å². The molecule has 0 aliphatic heterocycles. The van der Waals surface area contributed by atoms with E-state index in [9.17, 15) is 19.0 Å². The molecule has 0 rings (SSSR count). The lowest BCUT2D eigenvalue weighted by Gasteiger charge is -2.24. The van der Waals surface area contributed by atoms with Gasteiger partial charge >= 0.3 is 19.8 Å². The fraction of sp³-hybridized carbons (Fsp3) is 0.677. The third kappa shape index (κ3) is 56.0. The summed E-state index contributed by atoms with van der Waals surface area (Å²) in [4.78, 5) is 35.7. The molecule has 0 aliphatic carbocycles. The summed E-state index contributed by atoms with van der Waals surface area (Å²) in [7, 11) is 1.46. The summed E-state index contributed by atoms with van der Waals surface area (Å²) < 4.78 is 34.6. The van der Waals surface area contributed by atoms with Crippen molar-refractivity contribution in [2.75, 3.05) is 47.5 Å². The van der Waals surface area contributed by atoms with Gasteiger partial charge in [0.1, 0.15) is 19.8 Å². The molecular formula is C62H107NO8P+. The van der Waals surface area contributed by atoms with Gasteiger partial charge in [-0.05, 0) is 96.3 Å². The zero-order valence-corrected chi connectivity index (χ0v) is 47.5. The second kappa shape index (κ2) is 52.5. The molecule has 72 heavy (non-hydrogen) atoms. The van der Waals surface area contributed by atoms with Gasteiger partial charge in [-0.15, -0.1) is 0 Å². The van der Waals surface area contributed by atoms with Crippen LogP contribution in [0.4, 0.5) is 0 Å². The van der Waals surface area contributed by atoms with Crippen molar-refractivity contribution in [2.45, 2.75) is 225 Å². The lowest BCUT2D eigenvalue weighted by molar-refractivity contribution is -0.870. The quantitative estimate of drug-likeness (QED) is 0.0211. The van der Waals surface area contributed by atoms with E-state index in [1.54, 1.807) is 0 Å². The molecule has 9 nitrogen and oxygen atoms in total. The monoisotopic (exact) mass is 1020 g/mol. The molecule has 0 bridgehead atoms. The van der Waals surface area contributed by atoms with Crippen LogP contribution in [0.5, 0.6) is 0 Å². The van der Waals surface area contributed by atoms with Crippen molar-refractivity contribution in [3.8, 4) is 0 Å². The summed E-state index contributed by atoms with van der Waals surface area (Å²) in [5, 5.41) is 0. The minimum absolute atomic E-state index is 0.0242. The van der Waals surface area contributed by atoms with E-state index in [4.69, 9.17) is 18.5 Å². The Hall–Kier alpha value is -3.33. The van der Waals surface area contributed by atoms with Gasteiger partial charge in [-0.25, -0.2) is 4.57 Å². The van der Waals surface area contributed by atoms with Crippen molar-refractivity contribution in [1.29, 1.82) is 0 Å². The Morgan fingerprint density at radius 2 is 0.750 bits per heavy atom. The van der Waals surface area contributed by atoms with Gasteiger partial charge in [0, 0.05) is 12.8 Å². The molecule has 0 aromatic heterocycles. The Morgan fingerprint density at radius 3 is 1.11 bits per heavy atom. The molecule has 412 valence electrons. The fourth-order valence-corrected chi connectivity index (χ4v) is 8.19. The Morgan fingerprint density at radius 1 is 0.431 bits per heavy atom. The molecule has 0 spiro atoms. The number of esters is 2. The molecule has 2 atom stereocenters. The number of allylic oxidation sites excluding steroid dienone is 18. The number of phosphoric ester groups is 1. The van der Waals surface area contributed by atoms with E-state index < -0.39 is 26.5 Å². The number of rotatable bonds is 51. The highest BCUT2D eigenvalue weighted by molar-refractivity contribution is 7.47. The van der Waals surface area contributed by atoms with E-state index in [1.807, 2.05) is 21.1 Å². The van der Waals surface area contributed by atoms with Crippen LogP contribution in [0.15, 0.2) is 109 Å². The zero-order valence-electron chi connectivity index (χ0n) is 46.6. The smallest absolute Gasteiger partial charge is 0.462 e. The highest BCUT2D eigenvalue weighted by atomic mass is 31.2. The second-order valence-electron chi connectivity index (χ2n) is 19.9. The lowest BCUT2D eigenvalue weighted by Crippen LogP contribution is -2.37. The predicted octanol–water partition coefficient (Wildman–Crippen LogP) is 17.8. The molecule has 1 N–H and O–H groups in total. The van der Waals surface area contributed by atoms with Crippen molar-refractivity contribution in [2.24, 2.45) is 0 Å². The van der Waals surface area contributed by atoms with Crippen LogP contribution < -0.4 is 0 Å². The first-order valence-corrected chi connectivity index (χ1v) is 30.1. The SMILES string of the molecule is CC/C=C\C/C=C\C/C=C\C/C=C\C/C=C\CCCCCCCCCCCCCC(=O)OC(COC(=O)CCCCCCCCCC/C=C\C/C=C\C/C=C\C/C=C\CC)COP(=O)(O)OCC[N+](C)(C)C. The summed E-state index contributed by atoms with van der Waals surface area (Å²) in [6.07, 6.45) is 72.9. The first-order chi connectivity index (χ1) is 35.0. The Kier molecular flexibility index (Phi) is 50.1. The van der Waals surface area contributed by atoms with E-state index in [0.29, 0.717) is 17.4 Å². The molecule has 10 heteroatoms. The van der Waals surface area contributed by atoms with Crippen LogP contribution >= 0.6 is 7.82 Å². The van der Waals surface area contributed by atoms with Gasteiger partial charge in [0.15, 0.2) is 6.10 Å². The molecule has 0 radical (unpaired) electrons. The van der Waals surface area contributed by atoms with Gasteiger partial charge in [-0.1, -0.05) is 220 Å². The van der Waals surface area contributed by atoms with Crippen LogP contribution in [0.25, 0.3) is 0 Å². The summed E-state index contributed by atoms with van der Waals surface area (Å²) in [5.74, 6) is -0.815. The number of nitrogens with zero attached hydrogens (tertiary/aromatic N) is 1. The number of quaternary nitrogens is 1. The van der Waals surface area contributed by atoms with Gasteiger partial charge in [0.25, 0.3) is 0 Å². The van der Waals surface area contributed by atoms with Crippen LogP contribution in [0.3, 0.4) is 0 Å². The normalized spacial score (nSPS) is 14.1. The van der Waals surface area contributed by atoms with Crippen LogP contribution in [-0.4, -0.2) is 74.9 Å². The van der Waals surface area contributed by atoms with E-state index in [1.165, 1.54) is 70.6 Å². The first-order valence-electron chi connectivity index (χ1n) is 28.6. The molecule has 2 unspecified atom stereocenters. The van der Waals surface area contributed by atoms with Crippen LogP contribution in [-0.2, 0) is 32.7 Å². The second-order valence-corrected chi connectivity index (χ2v) is 21.4. The highest BCUT2D eigenvalue weighted by Gasteiger charge is 2.27. The number of ether oxygens (including phenoxy) is 2. The van der Waals surface area contributed by atoms with Gasteiger partial charge in [0.2, 0.25) is 0 Å². The standard InChI is InChI=1S/C62H106NO8P/c1-6-8-10-12-14-16-18-20-22-24-26-28-29-30-31-32-33-35-37-39-41-43-45-47-49-51-53-55-62(65)71-60(59-70-72(66,67)69-57-56-63(3,4)5)58-68-61(64)54-52-50-48-46-44-42-40-38-36-34-27-25-23-21-19-17-15-13-11-9-7-2/h8-11,14-17,20-23,26-28,30-31,34,60H,6-7,12-13,18-19,24-25,29,32-33,35-59H2,1-5H3/p+1/b10-8-,11-9-,16-14-,17-15-,22-20-,23-21-,28-26-,31-30-,34-27-. The molecule has 0 aromatic carbocycles. The minimum atomic E-state index is -4.40. The van der Waals surface area contributed by atoms with E-state index in [0.717, 1.165) is 116 Å². The number of hydrogen-bond acceptors (Lipinski definition) is 7.